The second-order valence-corrected chi connectivity index (χ2v) is 3.35. The molecule has 0 N–H and O–H groups in total. The zero-order valence-electron chi connectivity index (χ0n) is 6.74. The van der Waals surface area contributed by atoms with Crippen LogP contribution in [0.2, 0.25) is 0 Å². The lowest BCUT2D eigenvalue weighted by atomic mass is 10.1. The molecule has 0 spiro atoms. The maximum absolute atomic E-state index is 5.36. The van der Waals surface area contributed by atoms with Crippen molar-refractivity contribution in [2.45, 2.75) is 0 Å². The Kier molecular flexibility index (Phi) is 0.705. The van der Waals surface area contributed by atoms with Crippen LogP contribution in [0.1, 0.15) is 5.56 Å². The Labute approximate surface area is 74.5 Å². The van der Waals surface area contributed by atoms with Gasteiger partial charge in [-0.1, -0.05) is 12.1 Å². The normalized spacial score (nSPS) is 14.5. The fraction of sp³-hybridized carbons (Fsp3) is 0. The fourth-order valence-electron chi connectivity index (χ4n) is 1.96. The topological polar surface area (TPSA) is 24.9 Å². The number of benzene rings is 2. The van der Waals surface area contributed by atoms with E-state index in [1.54, 1.807) is 0 Å². The van der Waals surface area contributed by atoms with Gasteiger partial charge in [0, 0.05) is 22.6 Å². The number of rotatable bonds is 0. The van der Waals surface area contributed by atoms with Gasteiger partial charge in [0.1, 0.15) is 0 Å². The summed E-state index contributed by atoms with van der Waals surface area (Å²) in [6.45, 7) is 0. The van der Waals surface area contributed by atoms with Gasteiger partial charge in [-0.15, -0.1) is 0 Å². The van der Waals surface area contributed by atoms with Crippen molar-refractivity contribution in [3.63, 3.8) is 0 Å². The Bertz CT molecular complexity index is 584. The van der Waals surface area contributed by atoms with Gasteiger partial charge in [0.2, 0.25) is 0 Å². The summed E-state index contributed by atoms with van der Waals surface area (Å²) >= 11 is 0. The van der Waals surface area contributed by atoms with Crippen LogP contribution in [0.25, 0.3) is 10.8 Å². The van der Waals surface area contributed by atoms with E-state index < -0.39 is 0 Å². The number of nitrogens with zero attached hydrogens (tertiary/aromatic N) is 1. The van der Waals surface area contributed by atoms with E-state index in [1.807, 2.05) is 18.3 Å². The standard InChI is InChI=1S/C11H5NO/c1-2-7-10-6(4-9-11(7)13-9)5-12-8(10)3-1/h1-5H. The van der Waals surface area contributed by atoms with Crippen LogP contribution >= 0.6 is 0 Å². The van der Waals surface area contributed by atoms with Crippen molar-refractivity contribution in [3.05, 3.63) is 29.8 Å². The second kappa shape index (κ2) is 1.59. The van der Waals surface area contributed by atoms with Crippen molar-refractivity contribution in [2.75, 3.05) is 0 Å². The first kappa shape index (κ1) is 5.75. The molecule has 0 atom stereocenters. The van der Waals surface area contributed by atoms with Gasteiger partial charge in [-0.25, -0.2) is 0 Å². The minimum atomic E-state index is 1.01. The number of aliphatic imine (C=N–C) groups is 1. The van der Waals surface area contributed by atoms with Crippen LogP contribution in [0.5, 0.6) is 11.5 Å². The molecule has 2 heterocycles. The highest BCUT2D eigenvalue weighted by Crippen LogP contribution is 2.53. The number of hydrogen-bond donors (Lipinski definition) is 0. The molecule has 0 saturated carbocycles. The molecule has 2 aliphatic heterocycles. The van der Waals surface area contributed by atoms with E-state index in [2.05, 4.69) is 17.1 Å². The smallest absolute Gasteiger partial charge is 0.178 e. The molecule has 0 aliphatic carbocycles. The van der Waals surface area contributed by atoms with Gasteiger partial charge in [0.15, 0.2) is 11.5 Å². The molecule has 2 heteroatoms. The largest absolute Gasteiger partial charge is 0.449 e. The van der Waals surface area contributed by atoms with Gasteiger partial charge >= 0.3 is 0 Å². The summed E-state index contributed by atoms with van der Waals surface area (Å²) in [7, 11) is 0. The van der Waals surface area contributed by atoms with Crippen molar-refractivity contribution in [2.24, 2.45) is 4.99 Å². The van der Waals surface area contributed by atoms with Crippen LogP contribution in [0, 0.1) is 0 Å². The SMILES string of the molecule is C1=Nc2cccc3c4c(cc1c23)O4. The molecule has 2 nitrogen and oxygen atoms in total. The minimum absolute atomic E-state index is 1.01. The third-order valence-electron chi connectivity index (χ3n) is 2.60. The molecule has 0 amide bonds. The predicted octanol–water partition coefficient (Wildman–Crippen LogP) is 3.01. The lowest BCUT2D eigenvalue weighted by Crippen LogP contribution is -1.72. The van der Waals surface area contributed by atoms with Gasteiger partial charge in [-0.3, -0.25) is 4.99 Å². The van der Waals surface area contributed by atoms with Crippen LogP contribution in [-0.2, 0) is 0 Å². The van der Waals surface area contributed by atoms with Crippen molar-refractivity contribution in [3.8, 4) is 11.5 Å². The van der Waals surface area contributed by atoms with Gasteiger partial charge < -0.3 is 4.74 Å². The van der Waals surface area contributed by atoms with Crippen molar-refractivity contribution in [1.29, 1.82) is 0 Å². The Balaban J connectivity index is 2.39. The maximum atomic E-state index is 5.36. The Morgan fingerprint density at radius 2 is 2.23 bits per heavy atom. The highest BCUT2D eigenvalue weighted by atomic mass is 16.6. The van der Waals surface area contributed by atoms with E-state index >= 15 is 0 Å². The second-order valence-electron chi connectivity index (χ2n) is 3.35. The van der Waals surface area contributed by atoms with Crippen molar-refractivity contribution >= 4 is 22.7 Å². The molecule has 2 aromatic rings. The first-order valence-corrected chi connectivity index (χ1v) is 4.25. The number of fused-ring (bicyclic) bond motifs is 2. The van der Waals surface area contributed by atoms with Gasteiger partial charge in [-0.05, 0) is 12.1 Å². The summed E-state index contributed by atoms with van der Waals surface area (Å²) in [5.41, 5.74) is 2.24. The number of ether oxygens (including phenoxy) is 1. The molecule has 0 saturated heterocycles. The Morgan fingerprint density at radius 3 is 3.23 bits per heavy atom. The lowest BCUT2D eigenvalue weighted by Gasteiger charge is -1.95. The van der Waals surface area contributed by atoms with E-state index in [0.29, 0.717) is 0 Å². The average Bonchev–Trinajstić information content (AvgIpc) is 2.82. The molecule has 13 heavy (non-hydrogen) atoms. The third-order valence-corrected chi connectivity index (χ3v) is 2.60. The molecule has 60 valence electrons. The first-order valence-electron chi connectivity index (χ1n) is 4.25. The highest BCUT2D eigenvalue weighted by Gasteiger charge is 2.27. The van der Waals surface area contributed by atoms with Crippen LogP contribution < -0.4 is 4.74 Å². The van der Waals surface area contributed by atoms with Gasteiger partial charge in [-0.2, -0.15) is 0 Å². The lowest BCUT2D eigenvalue weighted by molar-refractivity contribution is 0.653. The highest BCUT2D eigenvalue weighted by molar-refractivity contribution is 6.15. The van der Waals surface area contributed by atoms with E-state index in [-0.39, 0.29) is 0 Å². The summed E-state index contributed by atoms with van der Waals surface area (Å²) in [6.07, 6.45) is 1.90. The van der Waals surface area contributed by atoms with E-state index in [9.17, 15) is 0 Å². The van der Waals surface area contributed by atoms with Crippen LogP contribution in [-0.4, -0.2) is 6.21 Å². The van der Waals surface area contributed by atoms with E-state index in [4.69, 9.17) is 4.74 Å². The summed E-state index contributed by atoms with van der Waals surface area (Å²) in [5.74, 6) is 2.04. The molecule has 0 unspecified atom stereocenters. The van der Waals surface area contributed by atoms with E-state index in [0.717, 1.165) is 17.2 Å². The summed E-state index contributed by atoms with van der Waals surface area (Å²) < 4.78 is 5.36. The fourth-order valence-corrected chi connectivity index (χ4v) is 1.96. The molecule has 2 aromatic carbocycles. The maximum Gasteiger partial charge on any atom is 0.178 e. The molecule has 0 radical (unpaired) electrons. The predicted molar refractivity (Wildman–Crippen MR) is 51.3 cm³/mol. The van der Waals surface area contributed by atoms with Gasteiger partial charge in [0.25, 0.3) is 0 Å². The number of hydrogen-bond acceptors (Lipinski definition) is 2. The van der Waals surface area contributed by atoms with E-state index in [1.165, 1.54) is 16.3 Å². The zero-order valence-corrected chi connectivity index (χ0v) is 6.74. The summed E-state index contributed by atoms with van der Waals surface area (Å²) in [4.78, 5) is 4.33. The molecule has 0 aromatic heterocycles. The van der Waals surface area contributed by atoms with Crippen molar-refractivity contribution < 1.29 is 4.74 Å². The molecule has 0 bridgehead atoms. The Hall–Kier alpha value is -1.83. The molecule has 4 rings (SSSR count). The minimum Gasteiger partial charge on any atom is -0.449 e. The van der Waals surface area contributed by atoms with Crippen molar-refractivity contribution in [1.82, 2.24) is 0 Å². The van der Waals surface area contributed by atoms with Gasteiger partial charge in [0.05, 0.1) is 5.69 Å². The summed E-state index contributed by atoms with van der Waals surface area (Å²) in [6, 6.07) is 8.19. The molecule has 2 aliphatic rings. The average molecular weight is 167 g/mol. The molecular formula is C11H5NO. The molecular weight excluding hydrogens is 162 g/mol. The molecule has 0 fully saturated rings. The van der Waals surface area contributed by atoms with Crippen LogP contribution in [0.15, 0.2) is 29.3 Å². The van der Waals surface area contributed by atoms with Crippen LogP contribution in [0.4, 0.5) is 5.69 Å². The quantitative estimate of drug-likeness (QED) is 0.369. The Morgan fingerprint density at radius 1 is 1.23 bits per heavy atom. The zero-order chi connectivity index (χ0) is 8.41. The van der Waals surface area contributed by atoms with Crippen LogP contribution in [0.3, 0.4) is 0 Å². The first-order chi connectivity index (χ1) is 6.43. The summed E-state index contributed by atoms with van der Waals surface area (Å²) in [5, 5.41) is 2.43. The monoisotopic (exact) mass is 167 g/mol. The third kappa shape index (κ3) is 0.549.